The number of fused-ring (bicyclic) bond motifs is 1. The monoisotopic (exact) mass is 293 g/mol. The van der Waals surface area contributed by atoms with Gasteiger partial charge in [-0.25, -0.2) is 0 Å². The van der Waals surface area contributed by atoms with E-state index in [0.29, 0.717) is 0 Å². The second-order valence-electron chi connectivity index (χ2n) is 6.96. The minimum atomic E-state index is 0.770. The first kappa shape index (κ1) is 15.1. The Morgan fingerprint density at radius 2 is 1.86 bits per heavy atom. The van der Waals surface area contributed by atoms with E-state index < -0.39 is 0 Å². The number of ether oxygens (including phenoxy) is 1. The molecule has 2 atom stereocenters. The summed E-state index contributed by atoms with van der Waals surface area (Å²) < 4.78 is 5.69. The smallest absolute Gasteiger partial charge is 0.194 e. The predicted octanol–water partition coefficient (Wildman–Crippen LogP) is 2.50. The van der Waals surface area contributed by atoms with Gasteiger partial charge in [0.25, 0.3) is 0 Å². The van der Waals surface area contributed by atoms with Crippen LogP contribution in [0.5, 0.6) is 0 Å². The maximum atomic E-state index is 5.69. The summed E-state index contributed by atoms with van der Waals surface area (Å²) in [4.78, 5) is 7.27. The molecule has 2 saturated carbocycles. The molecule has 0 amide bonds. The van der Waals surface area contributed by atoms with Crippen LogP contribution < -0.4 is 5.32 Å². The summed E-state index contributed by atoms with van der Waals surface area (Å²) in [6.45, 7) is 8.03. The van der Waals surface area contributed by atoms with Crippen LogP contribution in [0.15, 0.2) is 4.99 Å². The molecule has 0 aromatic carbocycles. The molecule has 1 saturated heterocycles. The number of rotatable bonds is 6. The Morgan fingerprint density at radius 3 is 2.48 bits per heavy atom. The molecule has 0 spiro atoms. The molecule has 4 heteroatoms. The molecule has 120 valence electrons. The normalized spacial score (nSPS) is 29.6. The zero-order chi connectivity index (χ0) is 14.5. The fraction of sp³-hybridized carbons (Fsp3) is 0.941. The Morgan fingerprint density at radius 1 is 1.14 bits per heavy atom. The summed E-state index contributed by atoms with van der Waals surface area (Å²) in [5, 5.41) is 3.47. The van der Waals surface area contributed by atoms with Gasteiger partial charge in [0.15, 0.2) is 5.96 Å². The van der Waals surface area contributed by atoms with Gasteiger partial charge in [-0.05, 0) is 50.4 Å². The number of hydrogen-bond acceptors (Lipinski definition) is 2. The van der Waals surface area contributed by atoms with E-state index in [9.17, 15) is 0 Å². The van der Waals surface area contributed by atoms with Crippen LogP contribution >= 0.6 is 0 Å². The van der Waals surface area contributed by atoms with E-state index in [2.05, 4.69) is 17.1 Å². The summed E-state index contributed by atoms with van der Waals surface area (Å²) in [5.41, 5.74) is 0. The molecule has 3 fully saturated rings. The quantitative estimate of drug-likeness (QED) is 0.464. The summed E-state index contributed by atoms with van der Waals surface area (Å²) in [6.07, 6.45) is 8.43. The Labute approximate surface area is 129 Å². The van der Waals surface area contributed by atoms with E-state index in [1.54, 1.807) is 0 Å². The van der Waals surface area contributed by atoms with Crippen LogP contribution in [0.25, 0.3) is 0 Å². The first-order valence-electron chi connectivity index (χ1n) is 8.97. The third kappa shape index (κ3) is 4.35. The highest BCUT2D eigenvalue weighted by Gasteiger charge is 2.35. The molecular weight excluding hydrogens is 262 g/mol. The lowest BCUT2D eigenvalue weighted by molar-refractivity contribution is 0.131. The molecule has 1 aliphatic heterocycles. The number of guanidine groups is 1. The number of aliphatic imine (C=N–C) groups is 1. The van der Waals surface area contributed by atoms with Gasteiger partial charge in [-0.1, -0.05) is 12.8 Å². The molecule has 2 unspecified atom stereocenters. The van der Waals surface area contributed by atoms with Crippen LogP contribution in [0.1, 0.15) is 45.4 Å². The Balaban J connectivity index is 1.45. The topological polar surface area (TPSA) is 36.9 Å². The Hall–Kier alpha value is -0.770. The third-order valence-corrected chi connectivity index (χ3v) is 5.16. The standard InChI is InChI=1S/C17H31N3O/c1-2-18-17(19-9-10-21-13-14-7-8-14)20-11-15-5-3-4-6-16(15)12-20/h14-16H,2-13H2,1H3,(H,18,19). The summed E-state index contributed by atoms with van der Waals surface area (Å²) in [7, 11) is 0. The largest absolute Gasteiger partial charge is 0.379 e. The minimum absolute atomic E-state index is 0.770. The van der Waals surface area contributed by atoms with Gasteiger partial charge in [-0.3, -0.25) is 4.99 Å². The maximum absolute atomic E-state index is 5.69. The number of hydrogen-bond donors (Lipinski definition) is 1. The molecule has 1 heterocycles. The van der Waals surface area contributed by atoms with E-state index in [1.165, 1.54) is 51.6 Å². The van der Waals surface area contributed by atoms with Gasteiger partial charge < -0.3 is 15.0 Å². The fourth-order valence-corrected chi connectivity index (χ4v) is 3.76. The van der Waals surface area contributed by atoms with E-state index >= 15 is 0 Å². The molecule has 3 aliphatic rings. The van der Waals surface area contributed by atoms with Crippen molar-refractivity contribution in [2.45, 2.75) is 45.4 Å². The van der Waals surface area contributed by atoms with Crippen LogP contribution in [-0.4, -0.2) is 50.3 Å². The fourth-order valence-electron chi connectivity index (χ4n) is 3.76. The van der Waals surface area contributed by atoms with Crippen molar-refractivity contribution in [3.8, 4) is 0 Å². The van der Waals surface area contributed by atoms with Gasteiger partial charge in [0.05, 0.1) is 13.2 Å². The van der Waals surface area contributed by atoms with Crippen LogP contribution in [-0.2, 0) is 4.74 Å². The van der Waals surface area contributed by atoms with Crippen molar-refractivity contribution in [2.75, 3.05) is 39.4 Å². The van der Waals surface area contributed by atoms with Crippen molar-refractivity contribution in [3.05, 3.63) is 0 Å². The molecule has 4 nitrogen and oxygen atoms in total. The minimum Gasteiger partial charge on any atom is -0.379 e. The highest BCUT2D eigenvalue weighted by atomic mass is 16.5. The molecule has 0 bridgehead atoms. The second-order valence-corrected chi connectivity index (χ2v) is 6.96. The number of nitrogens with one attached hydrogen (secondary N) is 1. The van der Waals surface area contributed by atoms with Crippen LogP contribution in [0.2, 0.25) is 0 Å². The van der Waals surface area contributed by atoms with Crippen molar-refractivity contribution in [3.63, 3.8) is 0 Å². The predicted molar refractivity (Wildman–Crippen MR) is 86.5 cm³/mol. The van der Waals surface area contributed by atoms with Crippen molar-refractivity contribution in [1.82, 2.24) is 10.2 Å². The van der Waals surface area contributed by atoms with Gasteiger partial charge >= 0.3 is 0 Å². The molecule has 0 aromatic rings. The first-order chi connectivity index (χ1) is 10.4. The highest BCUT2D eigenvalue weighted by molar-refractivity contribution is 5.80. The van der Waals surface area contributed by atoms with Crippen molar-refractivity contribution in [1.29, 1.82) is 0 Å². The lowest BCUT2D eigenvalue weighted by atomic mass is 9.82. The van der Waals surface area contributed by atoms with Crippen LogP contribution in [0, 0.1) is 17.8 Å². The molecule has 21 heavy (non-hydrogen) atoms. The van der Waals surface area contributed by atoms with Crippen molar-refractivity contribution in [2.24, 2.45) is 22.7 Å². The molecular formula is C17H31N3O. The van der Waals surface area contributed by atoms with Crippen LogP contribution in [0.3, 0.4) is 0 Å². The lowest BCUT2D eigenvalue weighted by Crippen LogP contribution is -2.40. The van der Waals surface area contributed by atoms with E-state index in [1.807, 2.05) is 0 Å². The number of likely N-dealkylation sites (tertiary alicyclic amines) is 1. The zero-order valence-electron chi connectivity index (χ0n) is 13.5. The molecule has 0 radical (unpaired) electrons. The van der Waals surface area contributed by atoms with Crippen molar-refractivity contribution >= 4 is 5.96 Å². The van der Waals surface area contributed by atoms with Gasteiger partial charge in [0.2, 0.25) is 0 Å². The van der Waals surface area contributed by atoms with Gasteiger partial charge in [0, 0.05) is 26.2 Å². The lowest BCUT2D eigenvalue weighted by Gasteiger charge is -2.22. The molecule has 2 aliphatic carbocycles. The van der Waals surface area contributed by atoms with E-state index in [-0.39, 0.29) is 0 Å². The number of nitrogens with zero attached hydrogens (tertiary/aromatic N) is 2. The van der Waals surface area contributed by atoms with Gasteiger partial charge in [-0.2, -0.15) is 0 Å². The first-order valence-corrected chi connectivity index (χ1v) is 8.97. The SMILES string of the molecule is CCNC(=NCCOCC1CC1)N1CC2CCCCC2C1. The third-order valence-electron chi connectivity index (χ3n) is 5.16. The van der Waals surface area contributed by atoms with Gasteiger partial charge in [-0.15, -0.1) is 0 Å². The summed E-state index contributed by atoms with van der Waals surface area (Å²) >= 11 is 0. The molecule has 0 aromatic heterocycles. The zero-order valence-corrected chi connectivity index (χ0v) is 13.5. The van der Waals surface area contributed by atoms with Crippen LogP contribution in [0.4, 0.5) is 0 Å². The van der Waals surface area contributed by atoms with E-state index in [4.69, 9.17) is 9.73 Å². The van der Waals surface area contributed by atoms with Crippen molar-refractivity contribution < 1.29 is 4.74 Å². The van der Waals surface area contributed by atoms with E-state index in [0.717, 1.165) is 50.0 Å². The molecule has 1 N–H and O–H groups in total. The average molecular weight is 293 g/mol. The average Bonchev–Trinajstić information content (AvgIpc) is 3.22. The summed E-state index contributed by atoms with van der Waals surface area (Å²) in [6, 6.07) is 0. The maximum Gasteiger partial charge on any atom is 0.194 e. The highest BCUT2D eigenvalue weighted by Crippen LogP contribution is 2.35. The molecule has 3 rings (SSSR count). The Bertz CT molecular complexity index is 340. The Kier molecular flexibility index (Phi) is 5.39. The van der Waals surface area contributed by atoms with Gasteiger partial charge in [0.1, 0.15) is 0 Å². The summed E-state index contributed by atoms with van der Waals surface area (Å²) in [5.74, 6) is 3.79. The second kappa shape index (κ2) is 7.48.